The highest BCUT2D eigenvalue weighted by molar-refractivity contribution is 5.93. The normalized spacial score (nSPS) is 13.4. The Morgan fingerprint density at radius 3 is 2.34 bits per heavy atom. The van der Waals surface area contributed by atoms with Gasteiger partial charge in [0.25, 0.3) is 11.5 Å². The molecule has 0 aromatic carbocycles. The van der Waals surface area contributed by atoms with Gasteiger partial charge in [0.15, 0.2) is 0 Å². The number of methoxy groups -OCH3 is 1. The van der Waals surface area contributed by atoms with Crippen molar-refractivity contribution in [3.05, 3.63) is 57.5 Å². The lowest BCUT2D eigenvalue weighted by molar-refractivity contribution is -0.110. The largest absolute Gasteiger partial charge is 0.379 e. The molecule has 1 aliphatic carbocycles. The van der Waals surface area contributed by atoms with Crippen molar-refractivity contribution in [2.45, 2.75) is 52.6 Å². The van der Waals surface area contributed by atoms with E-state index in [1.165, 1.54) is 36.4 Å². The smallest absolute Gasteiger partial charge is 0.282 e. The van der Waals surface area contributed by atoms with Gasteiger partial charge in [-0.05, 0) is 46.1 Å². The highest BCUT2D eigenvalue weighted by Gasteiger charge is 2.10. The average molecular weight is 448 g/mol. The lowest BCUT2D eigenvalue weighted by Gasteiger charge is -2.14. The molecule has 1 aromatic heterocycles. The predicted molar refractivity (Wildman–Crippen MR) is 127 cm³/mol. The summed E-state index contributed by atoms with van der Waals surface area (Å²) in [6.07, 6.45) is 11.1. The molecule has 1 aliphatic rings. The number of pyridine rings is 1. The van der Waals surface area contributed by atoms with E-state index < -0.39 is 11.5 Å². The topological polar surface area (TPSA) is 107 Å². The van der Waals surface area contributed by atoms with Crippen molar-refractivity contribution >= 4 is 18.5 Å². The minimum Gasteiger partial charge on any atom is -0.379 e. The fourth-order valence-corrected chi connectivity index (χ4v) is 2.40. The number of allylic oxidation sites excluding steroid dienone is 4. The van der Waals surface area contributed by atoms with Crippen LogP contribution in [0.2, 0.25) is 0 Å². The molecule has 8 heteroatoms. The molecule has 8 nitrogen and oxygen atoms in total. The molecular formula is C24H37N3O5. The molecular weight excluding hydrogens is 410 g/mol. The first-order chi connectivity index (χ1) is 15.0. The van der Waals surface area contributed by atoms with Crippen molar-refractivity contribution in [3.8, 4) is 0 Å². The molecule has 178 valence electrons. The summed E-state index contributed by atoms with van der Waals surface area (Å²) in [6, 6.07) is 2.52. The van der Waals surface area contributed by atoms with Gasteiger partial charge >= 0.3 is 0 Å². The third kappa shape index (κ3) is 12.1. The number of carbonyl (C=O) groups is 3. The minimum absolute atomic E-state index is 0.0417. The molecule has 0 saturated carbocycles. The first-order valence-electron chi connectivity index (χ1n) is 10.5. The number of hydrogen-bond acceptors (Lipinski definition) is 6. The van der Waals surface area contributed by atoms with Crippen molar-refractivity contribution in [3.63, 3.8) is 0 Å². The molecule has 1 aromatic rings. The van der Waals surface area contributed by atoms with Crippen LogP contribution in [0.15, 0.2) is 40.7 Å². The molecule has 0 bridgehead atoms. The fraction of sp³-hybridized carbons (Fsp3) is 0.500. The summed E-state index contributed by atoms with van der Waals surface area (Å²) in [5, 5.41) is 0. The van der Waals surface area contributed by atoms with Gasteiger partial charge in [-0.1, -0.05) is 30.7 Å². The van der Waals surface area contributed by atoms with Crippen molar-refractivity contribution in [2.24, 2.45) is 13.0 Å². The van der Waals surface area contributed by atoms with E-state index in [1.807, 2.05) is 27.7 Å². The van der Waals surface area contributed by atoms with Crippen molar-refractivity contribution in [1.82, 2.24) is 15.4 Å². The quantitative estimate of drug-likeness (QED) is 0.513. The van der Waals surface area contributed by atoms with Gasteiger partial charge in [-0.3, -0.25) is 19.8 Å². The van der Waals surface area contributed by atoms with Crippen LogP contribution in [0.5, 0.6) is 0 Å². The zero-order valence-corrected chi connectivity index (χ0v) is 20.2. The summed E-state index contributed by atoms with van der Waals surface area (Å²) in [4.78, 5) is 43.6. The highest BCUT2D eigenvalue weighted by Crippen LogP contribution is 2.18. The third-order valence-electron chi connectivity index (χ3n) is 4.42. The van der Waals surface area contributed by atoms with Crippen molar-refractivity contribution in [2.75, 3.05) is 14.2 Å². The molecule has 1 heterocycles. The van der Waals surface area contributed by atoms with Crippen LogP contribution in [0.1, 0.15) is 67.8 Å². The number of ether oxygens (including phenoxy) is 1. The summed E-state index contributed by atoms with van der Waals surface area (Å²) < 4.78 is 6.10. The van der Waals surface area contributed by atoms with Crippen LogP contribution in [0, 0.1) is 5.92 Å². The van der Waals surface area contributed by atoms with E-state index in [9.17, 15) is 19.2 Å². The summed E-state index contributed by atoms with van der Waals surface area (Å²) >= 11 is 0. The van der Waals surface area contributed by atoms with Gasteiger partial charge in [0.2, 0.25) is 0 Å². The molecule has 0 saturated heterocycles. The molecule has 0 fully saturated rings. The minimum atomic E-state index is -0.471. The second-order valence-electron chi connectivity index (χ2n) is 8.32. The molecule has 1 amide bonds. The summed E-state index contributed by atoms with van der Waals surface area (Å²) in [5.41, 5.74) is 6.12. The second-order valence-corrected chi connectivity index (χ2v) is 8.32. The Balaban J connectivity index is 0.000000496. The van der Waals surface area contributed by atoms with Crippen LogP contribution in [0.25, 0.3) is 0 Å². The van der Waals surface area contributed by atoms with E-state index in [-0.39, 0.29) is 22.8 Å². The van der Waals surface area contributed by atoms with Crippen molar-refractivity contribution in [1.29, 1.82) is 0 Å². The Bertz CT molecular complexity index is 863. The molecule has 0 aliphatic heterocycles. The Labute approximate surface area is 190 Å². The standard InChI is InChI=1S/C10H14O.C9H11N3O3.C5H12O/c1-9(8-11)7-10-5-3-2-4-6-10;1-10-11-9(15)7-3-6(5-13)4-8(14)12(7)2;1-5(2,3)6-4/h2-3,5,8-9H,4,6-7H2,1H3;3-5,10H,1-2H3,(H,11,15);1-4H3. The number of rotatable bonds is 6. The number of aromatic nitrogens is 1. The molecule has 2 N–H and O–H groups in total. The number of carbonyl (C=O) groups excluding carboxylic acids is 3. The van der Waals surface area contributed by atoms with Gasteiger partial charge in [0.1, 0.15) is 18.3 Å². The third-order valence-corrected chi connectivity index (χ3v) is 4.42. The van der Waals surface area contributed by atoms with Crippen LogP contribution in [0.4, 0.5) is 0 Å². The van der Waals surface area contributed by atoms with Gasteiger partial charge in [-0.2, -0.15) is 0 Å². The number of aldehydes is 2. The molecule has 2 rings (SSSR count). The van der Waals surface area contributed by atoms with E-state index in [0.29, 0.717) is 6.29 Å². The molecule has 32 heavy (non-hydrogen) atoms. The highest BCUT2D eigenvalue weighted by atomic mass is 16.5. The zero-order chi connectivity index (χ0) is 24.7. The van der Waals surface area contributed by atoms with Crippen molar-refractivity contribution < 1.29 is 19.1 Å². The fourth-order valence-electron chi connectivity index (χ4n) is 2.40. The maximum atomic E-state index is 11.4. The van der Waals surface area contributed by atoms with Gasteiger partial charge in [0, 0.05) is 38.8 Å². The Morgan fingerprint density at radius 1 is 1.28 bits per heavy atom. The van der Waals surface area contributed by atoms with E-state index in [4.69, 9.17) is 4.74 Å². The van der Waals surface area contributed by atoms with E-state index in [0.717, 1.165) is 25.5 Å². The van der Waals surface area contributed by atoms with E-state index in [1.54, 1.807) is 7.11 Å². The molecule has 0 spiro atoms. The Morgan fingerprint density at radius 2 is 1.91 bits per heavy atom. The first kappa shape index (κ1) is 29.2. The first-order valence-corrected chi connectivity index (χ1v) is 10.5. The Kier molecular flexibility index (Phi) is 13.7. The van der Waals surface area contributed by atoms with E-state index in [2.05, 4.69) is 29.1 Å². The zero-order valence-electron chi connectivity index (χ0n) is 20.2. The summed E-state index contributed by atoms with van der Waals surface area (Å²) in [7, 11) is 4.70. The lowest BCUT2D eigenvalue weighted by Crippen LogP contribution is -2.37. The number of nitrogens with one attached hydrogen (secondary N) is 2. The monoisotopic (exact) mass is 447 g/mol. The maximum Gasteiger partial charge on any atom is 0.282 e. The predicted octanol–water partition coefficient (Wildman–Crippen LogP) is 2.98. The number of hydrazine groups is 1. The van der Waals surface area contributed by atoms with Gasteiger partial charge < -0.3 is 14.1 Å². The van der Waals surface area contributed by atoms with Crippen LogP contribution < -0.4 is 16.4 Å². The Hall–Kier alpha value is -2.84. The van der Waals surface area contributed by atoms with Gasteiger partial charge in [-0.15, -0.1) is 0 Å². The summed E-state index contributed by atoms with van der Waals surface area (Å²) in [5.74, 6) is -0.284. The molecule has 1 unspecified atom stereocenters. The van der Waals surface area contributed by atoms with Crippen LogP contribution in [-0.2, 0) is 16.6 Å². The average Bonchev–Trinajstić information content (AvgIpc) is 2.76. The SMILES string of the molecule is CC(C=O)CC1=CC=CCC1.CNNC(=O)c1cc(C=O)cc(=O)n1C.COC(C)(C)C. The van der Waals surface area contributed by atoms with Crippen LogP contribution in [-0.4, -0.2) is 42.8 Å². The lowest BCUT2D eigenvalue weighted by atomic mass is 9.96. The summed E-state index contributed by atoms with van der Waals surface area (Å²) in [6.45, 7) is 8.03. The second kappa shape index (κ2) is 15.0. The number of nitrogens with zero attached hydrogens (tertiary/aromatic N) is 1. The van der Waals surface area contributed by atoms with Gasteiger partial charge in [-0.25, -0.2) is 5.43 Å². The molecule has 0 radical (unpaired) electrons. The molecule has 1 atom stereocenters. The van der Waals surface area contributed by atoms with Crippen LogP contribution >= 0.6 is 0 Å². The van der Waals surface area contributed by atoms with E-state index >= 15 is 0 Å². The van der Waals surface area contributed by atoms with Crippen LogP contribution in [0.3, 0.4) is 0 Å². The van der Waals surface area contributed by atoms with Gasteiger partial charge in [0.05, 0.1) is 5.60 Å². The number of hydrogen-bond donors (Lipinski definition) is 2. The number of amides is 1. The maximum absolute atomic E-state index is 11.4.